The molecule has 0 spiro atoms. The van der Waals surface area contributed by atoms with Crippen LogP contribution in [0.4, 0.5) is 5.82 Å². The molecule has 0 saturated carbocycles. The minimum Gasteiger partial charge on any atom is -0.461 e. The predicted molar refractivity (Wildman–Crippen MR) is 125 cm³/mol. The van der Waals surface area contributed by atoms with Crippen molar-refractivity contribution in [2.75, 3.05) is 12.3 Å². The molecule has 0 aliphatic carbocycles. The Bertz CT molecular complexity index is 1190. The molecule has 0 unspecified atom stereocenters. The maximum Gasteiger partial charge on any atom is 0.308 e. The summed E-state index contributed by atoms with van der Waals surface area (Å²) < 4.78 is 24.5. The lowest BCUT2D eigenvalue weighted by molar-refractivity contribution is -0.176. The second-order valence-electron chi connectivity index (χ2n) is 9.57. The Labute approximate surface area is 208 Å². The van der Waals surface area contributed by atoms with Crippen molar-refractivity contribution in [3.05, 3.63) is 24.2 Å². The number of nitrogens with zero attached hydrogens (tertiary/aromatic N) is 4. The van der Waals surface area contributed by atoms with Gasteiger partial charge in [0.25, 0.3) is 0 Å². The van der Waals surface area contributed by atoms with Gasteiger partial charge >= 0.3 is 17.9 Å². The third-order valence-electron chi connectivity index (χ3n) is 5.72. The van der Waals surface area contributed by atoms with Gasteiger partial charge in [-0.1, -0.05) is 41.5 Å². The molecule has 0 amide bonds. The van der Waals surface area contributed by atoms with Crippen molar-refractivity contribution in [1.82, 2.24) is 14.6 Å². The summed E-state index contributed by atoms with van der Waals surface area (Å²) >= 11 is 0. The molecule has 1 saturated heterocycles. The van der Waals surface area contributed by atoms with E-state index in [1.165, 1.54) is 10.8 Å². The van der Waals surface area contributed by atoms with Gasteiger partial charge in [-0.25, -0.2) is 9.50 Å². The second kappa shape index (κ2) is 10.5. The summed E-state index contributed by atoms with van der Waals surface area (Å²) in [5.41, 5.74) is 4.83. The van der Waals surface area contributed by atoms with Gasteiger partial charge in [-0.3, -0.25) is 14.4 Å². The first-order chi connectivity index (χ1) is 16.9. The van der Waals surface area contributed by atoms with E-state index < -0.39 is 66.2 Å². The molecule has 3 heterocycles. The summed E-state index contributed by atoms with van der Waals surface area (Å²) in [5.74, 6) is -3.16. The molecule has 3 rings (SSSR count). The predicted octanol–water partition coefficient (Wildman–Crippen LogP) is 1.98. The highest BCUT2D eigenvalue weighted by atomic mass is 16.7. The van der Waals surface area contributed by atoms with Crippen molar-refractivity contribution in [3.8, 4) is 6.07 Å². The Morgan fingerprint density at radius 3 is 2.28 bits per heavy atom. The number of carbonyl (C=O) groups excluding carboxylic acids is 3. The van der Waals surface area contributed by atoms with Gasteiger partial charge < -0.3 is 24.7 Å². The topological polar surface area (TPSA) is 168 Å². The van der Waals surface area contributed by atoms with Crippen LogP contribution >= 0.6 is 0 Å². The lowest BCUT2D eigenvalue weighted by atomic mass is 9.95. The van der Waals surface area contributed by atoms with Crippen LogP contribution in [0, 0.1) is 29.1 Å². The number of anilines is 1. The van der Waals surface area contributed by atoms with Crippen LogP contribution in [-0.4, -0.2) is 56.9 Å². The summed E-state index contributed by atoms with van der Waals surface area (Å²) in [6.07, 6.45) is -2.54. The summed E-state index contributed by atoms with van der Waals surface area (Å²) in [4.78, 5) is 41.6. The molecule has 1 aliphatic rings. The SMILES string of the molecule is CC(C)C(=O)OC[C@@]1(C#N)O[C@@H](c2ccc3c(N)ncnn23)[C@H](OC(=O)C(C)C)[C@@H]1OC(=O)C(C)C. The normalized spacial score (nSPS) is 23.7. The van der Waals surface area contributed by atoms with E-state index in [0.29, 0.717) is 11.2 Å². The fraction of sp³-hybridized carbons (Fsp3) is 0.583. The van der Waals surface area contributed by atoms with Gasteiger partial charge in [-0.05, 0) is 12.1 Å². The Morgan fingerprint density at radius 2 is 1.69 bits per heavy atom. The first-order valence-corrected chi connectivity index (χ1v) is 11.7. The van der Waals surface area contributed by atoms with Crippen molar-refractivity contribution in [3.63, 3.8) is 0 Å². The lowest BCUT2D eigenvalue weighted by Crippen LogP contribution is -2.50. The Kier molecular flexibility index (Phi) is 7.83. The van der Waals surface area contributed by atoms with E-state index in [-0.39, 0.29) is 5.82 Å². The molecule has 0 bridgehead atoms. The summed E-state index contributed by atoms with van der Waals surface area (Å²) in [5, 5.41) is 14.5. The molecule has 0 aromatic carbocycles. The van der Waals surface area contributed by atoms with Gasteiger partial charge in [0.15, 0.2) is 18.0 Å². The third kappa shape index (κ3) is 5.11. The fourth-order valence-electron chi connectivity index (χ4n) is 3.60. The zero-order valence-corrected chi connectivity index (χ0v) is 21.1. The number of carbonyl (C=O) groups is 3. The number of fused-ring (bicyclic) bond motifs is 1. The van der Waals surface area contributed by atoms with E-state index in [4.69, 9.17) is 24.7 Å². The monoisotopic (exact) mass is 501 g/mol. The van der Waals surface area contributed by atoms with Crippen molar-refractivity contribution < 1.29 is 33.3 Å². The van der Waals surface area contributed by atoms with Gasteiger partial charge in [0, 0.05) is 0 Å². The second-order valence-corrected chi connectivity index (χ2v) is 9.57. The molecule has 12 nitrogen and oxygen atoms in total. The molecule has 4 atom stereocenters. The van der Waals surface area contributed by atoms with E-state index in [9.17, 15) is 19.6 Å². The molecule has 36 heavy (non-hydrogen) atoms. The number of aromatic nitrogens is 3. The molecule has 2 aromatic rings. The molecule has 1 fully saturated rings. The number of esters is 3. The van der Waals surface area contributed by atoms with E-state index in [1.54, 1.807) is 53.7 Å². The van der Waals surface area contributed by atoms with Crippen LogP contribution in [0.15, 0.2) is 18.5 Å². The zero-order valence-electron chi connectivity index (χ0n) is 21.1. The van der Waals surface area contributed by atoms with Crippen LogP contribution in [0.1, 0.15) is 53.3 Å². The van der Waals surface area contributed by atoms with Crippen LogP contribution in [0.2, 0.25) is 0 Å². The molecule has 1 aliphatic heterocycles. The van der Waals surface area contributed by atoms with Crippen LogP contribution < -0.4 is 5.73 Å². The highest BCUT2D eigenvalue weighted by Gasteiger charge is 2.62. The number of nitriles is 1. The summed E-state index contributed by atoms with van der Waals surface area (Å²) in [6, 6.07) is 5.30. The van der Waals surface area contributed by atoms with Gasteiger partial charge in [0.2, 0.25) is 5.60 Å². The number of rotatable bonds is 8. The summed E-state index contributed by atoms with van der Waals surface area (Å²) in [7, 11) is 0. The highest BCUT2D eigenvalue weighted by molar-refractivity contribution is 5.74. The number of ether oxygens (including phenoxy) is 4. The Morgan fingerprint density at radius 1 is 1.08 bits per heavy atom. The van der Waals surface area contributed by atoms with Crippen molar-refractivity contribution in [2.24, 2.45) is 17.8 Å². The van der Waals surface area contributed by atoms with Gasteiger partial charge in [-0.2, -0.15) is 10.4 Å². The standard InChI is InChI=1S/C24H31N5O7/c1-12(2)21(30)33-10-24(9-25)19(35-23(32)14(5)6)18(34-22(31)13(3)4)17(36-24)15-7-8-16-20(26)27-11-28-29(15)16/h7-8,11-14,17-19H,10H2,1-6H3,(H2,26,27,28)/t17-,18-,19-,24+/m0/s1. The molecule has 2 aromatic heterocycles. The molecular formula is C24H31N5O7. The Hall–Kier alpha value is -3.72. The van der Waals surface area contributed by atoms with E-state index >= 15 is 0 Å². The minimum absolute atomic E-state index is 0.199. The van der Waals surface area contributed by atoms with Crippen molar-refractivity contribution in [2.45, 2.75) is 65.5 Å². The van der Waals surface area contributed by atoms with Crippen molar-refractivity contribution >= 4 is 29.2 Å². The van der Waals surface area contributed by atoms with Gasteiger partial charge in [0.1, 0.15) is 30.6 Å². The van der Waals surface area contributed by atoms with Gasteiger partial charge in [-0.15, -0.1) is 0 Å². The fourth-order valence-corrected chi connectivity index (χ4v) is 3.60. The van der Waals surface area contributed by atoms with Crippen LogP contribution in [0.5, 0.6) is 0 Å². The number of hydrogen-bond acceptors (Lipinski definition) is 11. The number of nitrogens with two attached hydrogens (primary N) is 1. The molecular weight excluding hydrogens is 470 g/mol. The molecule has 12 heteroatoms. The van der Waals surface area contributed by atoms with E-state index in [0.717, 1.165) is 0 Å². The van der Waals surface area contributed by atoms with Gasteiger partial charge in [0.05, 0.1) is 23.4 Å². The van der Waals surface area contributed by atoms with Crippen LogP contribution in [-0.2, 0) is 33.3 Å². The zero-order chi connectivity index (χ0) is 26.8. The van der Waals surface area contributed by atoms with Crippen molar-refractivity contribution in [1.29, 1.82) is 5.26 Å². The average Bonchev–Trinajstić information content (AvgIpc) is 3.38. The number of hydrogen-bond donors (Lipinski definition) is 1. The van der Waals surface area contributed by atoms with Crippen LogP contribution in [0.25, 0.3) is 5.52 Å². The molecule has 194 valence electrons. The van der Waals surface area contributed by atoms with E-state index in [2.05, 4.69) is 10.1 Å². The lowest BCUT2D eigenvalue weighted by Gasteiger charge is -2.29. The minimum atomic E-state index is -1.97. The number of nitrogen functional groups attached to an aromatic ring is 1. The average molecular weight is 502 g/mol. The first-order valence-electron chi connectivity index (χ1n) is 11.7. The molecule has 2 N–H and O–H groups in total. The quantitative estimate of drug-likeness (QED) is 0.414. The van der Waals surface area contributed by atoms with Crippen LogP contribution in [0.3, 0.4) is 0 Å². The maximum atomic E-state index is 12.7. The Balaban J connectivity index is 2.15. The molecule has 0 radical (unpaired) electrons. The maximum absolute atomic E-state index is 12.7. The highest BCUT2D eigenvalue weighted by Crippen LogP contribution is 2.44. The smallest absolute Gasteiger partial charge is 0.308 e. The van der Waals surface area contributed by atoms with E-state index in [1.807, 2.05) is 6.07 Å². The third-order valence-corrected chi connectivity index (χ3v) is 5.72. The summed E-state index contributed by atoms with van der Waals surface area (Å²) in [6.45, 7) is 9.26. The first kappa shape index (κ1) is 26.9. The largest absolute Gasteiger partial charge is 0.461 e.